The topological polar surface area (TPSA) is 42.2 Å². The molecule has 3 rings (SSSR count). The second-order valence-corrected chi connectivity index (χ2v) is 5.16. The van der Waals surface area contributed by atoms with E-state index in [9.17, 15) is 0 Å². The van der Waals surface area contributed by atoms with Gasteiger partial charge in [0.05, 0.1) is 25.7 Å². The first kappa shape index (κ1) is 13.5. The highest BCUT2D eigenvalue weighted by Gasteiger charge is 2.21. The molecule has 0 N–H and O–H groups in total. The summed E-state index contributed by atoms with van der Waals surface area (Å²) in [5.74, 6) is 2.19. The molecule has 21 heavy (non-hydrogen) atoms. The number of nitriles is 1. The van der Waals surface area contributed by atoms with E-state index < -0.39 is 0 Å². The smallest absolute Gasteiger partial charge is 0.122 e. The Balaban J connectivity index is 1.64. The van der Waals surface area contributed by atoms with Gasteiger partial charge >= 0.3 is 0 Å². The van der Waals surface area contributed by atoms with Gasteiger partial charge in [-0.1, -0.05) is 30.3 Å². The molecule has 3 heteroatoms. The molecular weight excluding hydrogens is 262 g/mol. The second-order valence-electron chi connectivity index (χ2n) is 5.16. The Morgan fingerprint density at radius 3 is 2.76 bits per heavy atom. The normalized spacial score (nSPS) is 16.4. The zero-order chi connectivity index (χ0) is 14.5. The molecule has 1 unspecified atom stereocenters. The standard InChI is InChI=1S/C18H17NO2/c19-11-9-14-5-7-16(8-6-14)21-13-15-10-12-20-18-4-2-1-3-17(15)18/h1-8,15H,9-10,12-13H2. The van der Waals surface area contributed by atoms with Gasteiger partial charge in [0.15, 0.2) is 0 Å². The molecular formula is C18H17NO2. The molecule has 0 radical (unpaired) electrons. The molecule has 2 aromatic rings. The molecule has 0 saturated heterocycles. The summed E-state index contributed by atoms with van der Waals surface area (Å²) in [7, 11) is 0. The molecule has 1 aliphatic rings. The molecule has 1 atom stereocenters. The highest BCUT2D eigenvalue weighted by atomic mass is 16.5. The summed E-state index contributed by atoms with van der Waals surface area (Å²) >= 11 is 0. The molecule has 0 aromatic heterocycles. The Hall–Kier alpha value is -2.47. The Bertz CT molecular complexity index is 643. The first-order valence-corrected chi connectivity index (χ1v) is 7.17. The maximum absolute atomic E-state index is 8.66. The van der Waals surface area contributed by atoms with Gasteiger partial charge in [-0.05, 0) is 30.2 Å². The van der Waals surface area contributed by atoms with Crippen LogP contribution in [0, 0.1) is 11.3 Å². The number of hydrogen-bond acceptors (Lipinski definition) is 3. The summed E-state index contributed by atoms with van der Waals surface area (Å²) in [5.41, 5.74) is 2.24. The third-order valence-corrected chi connectivity index (χ3v) is 3.74. The van der Waals surface area contributed by atoms with Crippen LogP contribution in [-0.2, 0) is 6.42 Å². The number of fused-ring (bicyclic) bond motifs is 1. The monoisotopic (exact) mass is 279 g/mol. The average molecular weight is 279 g/mol. The van der Waals surface area contributed by atoms with E-state index in [0.717, 1.165) is 30.1 Å². The minimum atomic E-state index is 0.369. The maximum Gasteiger partial charge on any atom is 0.122 e. The van der Waals surface area contributed by atoms with Gasteiger partial charge in [0.2, 0.25) is 0 Å². The van der Waals surface area contributed by atoms with Gasteiger partial charge in [0.25, 0.3) is 0 Å². The molecule has 3 nitrogen and oxygen atoms in total. The van der Waals surface area contributed by atoms with Crippen molar-refractivity contribution in [3.8, 4) is 17.6 Å². The van der Waals surface area contributed by atoms with Crippen molar-refractivity contribution in [2.75, 3.05) is 13.2 Å². The first-order chi connectivity index (χ1) is 10.4. The number of benzene rings is 2. The van der Waals surface area contributed by atoms with Gasteiger partial charge < -0.3 is 9.47 Å². The minimum absolute atomic E-state index is 0.369. The van der Waals surface area contributed by atoms with Gasteiger partial charge in [-0.25, -0.2) is 0 Å². The fraction of sp³-hybridized carbons (Fsp3) is 0.278. The molecule has 0 aliphatic carbocycles. The van der Waals surface area contributed by atoms with Crippen LogP contribution in [-0.4, -0.2) is 13.2 Å². The van der Waals surface area contributed by atoms with Crippen molar-refractivity contribution in [3.63, 3.8) is 0 Å². The fourth-order valence-corrected chi connectivity index (χ4v) is 2.58. The molecule has 1 heterocycles. The van der Waals surface area contributed by atoms with E-state index in [2.05, 4.69) is 12.1 Å². The summed E-state index contributed by atoms with van der Waals surface area (Å²) in [6.45, 7) is 1.39. The first-order valence-electron chi connectivity index (χ1n) is 7.17. The van der Waals surface area contributed by atoms with Gasteiger partial charge in [0.1, 0.15) is 11.5 Å². The Labute approximate surface area is 124 Å². The van der Waals surface area contributed by atoms with Crippen molar-refractivity contribution < 1.29 is 9.47 Å². The van der Waals surface area contributed by atoms with Crippen LogP contribution in [0.15, 0.2) is 48.5 Å². The Morgan fingerprint density at radius 2 is 1.95 bits per heavy atom. The quantitative estimate of drug-likeness (QED) is 0.857. The van der Waals surface area contributed by atoms with E-state index in [-0.39, 0.29) is 0 Å². The molecule has 0 bridgehead atoms. The Morgan fingerprint density at radius 1 is 1.14 bits per heavy atom. The predicted molar refractivity (Wildman–Crippen MR) is 80.5 cm³/mol. The summed E-state index contributed by atoms with van der Waals surface area (Å²) in [5, 5.41) is 8.66. The van der Waals surface area contributed by atoms with E-state index in [1.165, 1.54) is 5.56 Å². The highest BCUT2D eigenvalue weighted by molar-refractivity contribution is 5.38. The molecule has 106 valence electrons. The summed E-state index contributed by atoms with van der Waals surface area (Å²) in [6, 6.07) is 18.0. The van der Waals surface area contributed by atoms with Crippen LogP contribution in [0.1, 0.15) is 23.5 Å². The van der Waals surface area contributed by atoms with Crippen molar-refractivity contribution in [1.29, 1.82) is 5.26 Å². The van der Waals surface area contributed by atoms with Crippen LogP contribution in [0.3, 0.4) is 0 Å². The lowest BCUT2D eigenvalue weighted by molar-refractivity contribution is 0.217. The van der Waals surface area contributed by atoms with Crippen LogP contribution in [0.4, 0.5) is 0 Å². The Kier molecular flexibility index (Phi) is 4.07. The minimum Gasteiger partial charge on any atom is -0.493 e. The number of rotatable bonds is 4. The number of hydrogen-bond donors (Lipinski definition) is 0. The molecule has 0 saturated carbocycles. The van der Waals surface area contributed by atoms with Crippen molar-refractivity contribution in [2.45, 2.75) is 18.8 Å². The lowest BCUT2D eigenvalue weighted by Crippen LogP contribution is -2.19. The van der Waals surface area contributed by atoms with Crippen LogP contribution in [0.5, 0.6) is 11.5 Å². The third kappa shape index (κ3) is 3.17. The van der Waals surface area contributed by atoms with E-state index in [0.29, 0.717) is 18.9 Å². The van der Waals surface area contributed by atoms with E-state index in [1.807, 2.05) is 42.5 Å². The zero-order valence-corrected chi connectivity index (χ0v) is 11.8. The van der Waals surface area contributed by atoms with Crippen molar-refractivity contribution in [3.05, 3.63) is 59.7 Å². The highest BCUT2D eigenvalue weighted by Crippen LogP contribution is 2.33. The van der Waals surface area contributed by atoms with E-state index in [1.54, 1.807) is 0 Å². The van der Waals surface area contributed by atoms with Gasteiger partial charge in [-0.15, -0.1) is 0 Å². The fourth-order valence-electron chi connectivity index (χ4n) is 2.58. The zero-order valence-electron chi connectivity index (χ0n) is 11.8. The molecule has 1 aliphatic heterocycles. The van der Waals surface area contributed by atoms with Gasteiger partial charge in [-0.3, -0.25) is 0 Å². The number of para-hydroxylation sites is 1. The lowest BCUT2D eigenvalue weighted by atomic mass is 9.94. The second kappa shape index (κ2) is 6.32. The summed E-state index contributed by atoms with van der Waals surface area (Å²) in [6.07, 6.45) is 1.41. The molecule has 2 aromatic carbocycles. The van der Waals surface area contributed by atoms with Crippen molar-refractivity contribution in [2.24, 2.45) is 0 Å². The average Bonchev–Trinajstić information content (AvgIpc) is 2.54. The van der Waals surface area contributed by atoms with Gasteiger partial charge in [0, 0.05) is 11.5 Å². The summed E-state index contributed by atoms with van der Waals surface area (Å²) < 4.78 is 11.6. The van der Waals surface area contributed by atoms with Crippen LogP contribution >= 0.6 is 0 Å². The van der Waals surface area contributed by atoms with Crippen LogP contribution < -0.4 is 9.47 Å². The lowest BCUT2D eigenvalue weighted by Gasteiger charge is -2.25. The molecule has 0 spiro atoms. The molecule has 0 amide bonds. The van der Waals surface area contributed by atoms with Crippen molar-refractivity contribution >= 4 is 0 Å². The third-order valence-electron chi connectivity index (χ3n) is 3.74. The summed E-state index contributed by atoms with van der Waals surface area (Å²) in [4.78, 5) is 0. The van der Waals surface area contributed by atoms with E-state index in [4.69, 9.17) is 14.7 Å². The number of nitrogens with zero attached hydrogens (tertiary/aromatic N) is 1. The van der Waals surface area contributed by atoms with Gasteiger partial charge in [-0.2, -0.15) is 5.26 Å². The van der Waals surface area contributed by atoms with Crippen LogP contribution in [0.2, 0.25) is 0 Å². The predicted octanol–water partition coefficient (Wildman–Crippen LogP) is 3.70. The maximum atomic E-state index is 8.66. The van der Waals surface area contributed by atoms with E-state index >= 15 is 0 Å². The van der Waals surface area contributed by atoms with Crippen LogP contribution in [0.25, 0.3) is 0 Å². The largest absolute Gasteiger partial charge is 0.493 e. The number of ether oxygens (including phenoxy) is 2. The SMILES string of the molecule is N#CCc1ccc(OCC2CCOc3ccccc32)cc1. The van der Waals surface area contributed by atoms with Crippen molar-refractivity contribution in [1.82, 2.24) is 0 Å². The molecule has 0 fully saturated rings.